The van der Waals surface area contributed by atoms with Crippen LogP contribution in [-0.2, 0) is 8.85 Å². The van der Waals surface area contributed by atoms with E-state index < -0.39 is 22.7 Å². The van der Waals surface area contributed by atoms with Gasteiger partial charge in [0.05, 0.1) is 11.9 Å². The van der Waals surface area contributed by atoms with E-state index in [4.69, 9.17) is 8.85 Å². The molecule has 0 aromatic carbocycles. The van der Waals surface area contributed by atoms with Crippen LogP contribution in [0.1, 0.15) is 40.5 Å². The van der Waals surface area contributed by atoms with Crippen molar-refractivity contribution in [1.82, 2.24) is 0 Å². The molecule has 5 heteroatoms. The molecule has 0 aromatic rings. The van der Waals surface area contributed by atoms with E-state index in [0.717, 1.165) is 0 Å². The van der Waals surface area contributed by atoms with Crippen LogP contribution in [0.3, 0.4) is 0 Å². The molecule has 126 valence electrons. The zero-order valence-corrected chi connectivity index (χ0v) is 17.5. The fraction of sp³-hybridized carbons (Fsp3) is 0.875. The number of aliphatic hydroxyl groups is 1. The average molecular weight is 333 g/mol. The molecule has 0 spiro atoms. The molecule has 0 bridgehead atoms. The van der Waals surface area contributed by atoms with E-state index in [1.54, 1.807) is 0 Å². The predicted molar refractivity (Wildman–Crippen MR) is 96.6 cm³/mol. The van der Waals surface area contributed by atoms with Gasteiger partial charge in [0.25, 0.3) is 0 Å². The predicted octanol–water partition coefficient (Wildman–Crippen LogP) is 4.90. The smallest absolute Gasteiger partial charge is 0.241 e. The minimum absolute atomic E-state index is 0.0561. The number of hydrogen-bond acceptors (Lipinski definition) is 3. The lowest BCUT2D eigenvalue weighted by Crippen LogP contribution is -2.44. The lowest BCUT2D eigenvalue weighted by molar-refractivity contribution is 0.0895. The summed E-state index contributed by atoms with van der Waals surface area (Å²) < 4.78 is 12.1. The van der Waals surface area contributed by atoms with Gasteiger partial charge >= 0.3 is 0 Å². The largest absolute Gasteiger partial charge is 0.548 e. The minimum Gasteiger partial charge on any atom is -0.548 e. The summed E-state index contributed by atoms with van der Waals surface area (Å²) >= 11 is 0. The van der Waals surface area contributed by atoms with Crippen molar-refractivity contribution in [2.24, 2.45) is 0 Å². The van der Waals surface area contributed by atoms with Crippen LogP contribution in [0.2, 0.25) is 37.8 Å². The highest BCUT2D eigenvalue weighted by molar-refractivity contribution is 6.74. The molecule has 0 amide bonds. The number of hydrogen-bond donors (Lipinski definition) is 1. The number of rotatable bonds is 8. The molecule has 0 radical (unpaired) electrons. The van der Waals surface area contributed by atoms with Gasteiger partial charge in [-0.05, 0) is 51.1 Å². The minimum atomic E-state index is -1.77. The first kappa shape index (κ1) is 20.9. The Morgan fingerprint density at radius 3 is 2.00 bits per heavy atom. The molecule has 3 nitrogen and oxygen atoms in total. The monoisotopic (exact) mass is 332 g/mol. The third-order valence-electron chi connectivity index (χ3n) is 3.82. The van der Waals surface area contributed by atoms with E-state index in [0.29, 0.717) is 18.6 Å². The Labute approximate surface area is 134 Å². The second-order valence-electron chi connectivity index (χ2n) is 8.54. The molecule has 0 rings (SSSR count). The molecule has 0 saturated heterocycles. The van der Waals surface area contributed by atoms with Crippen LogP contribution in [0, 0.1) is 0 Å². The van der Waals surface area contributed by atoms with Gasteiger partial charge in [0.2, 0.25) is 8.32 Å². The van der Waals surface area contributed by atoms with Gasteiger partial charge in [-0.1, -0.05) is 27.4 Å². The average Bonchev–Trinajstić information content (AvgIpc) is 2.08. The summed E-state index contributed by atoms with van der Waals surface area (Å²) in [7, 11) is -3.40. The molecular weight excluding hydrogens is 296 g/mol. The molecular formula is C16H36O3Si2. The van der Waals surface area contributed by atoms with Crippen molar-refractivity contribution in [3.8, 4) is 0 Å². The quantitative estimate of drug-likeness (QED) is 0.507. The van der Waals surface area contributed by atoms with Gasteiger partial charge in [-0.15, -0.1) is 0 Å². The first-order valence-corrected chi connectivity index (χ1v) is 14.2. The topological polar surface area (TPSA) is 38.7 Å². The Balaban J connectivity index is 4.34. The van der Waals surface area contributed by atoms with Crippen LogP contribution in [0.25, 0.3) is 0 Å². The van der Waals surface area contributed by atoms with Crippen molar-refractivity contribution in [1.29, 1.82) is 0 Å². The van der Waals surface area contributed by atoms with Gasteiger partial charge in [-0.2, -0.15) is 0 Å². The highest BCUT2D eigenvalue weighted by atomic mass is 28.4. The first-order chi connectivity index (χ1) is 9.14. The number of aliphatic hydroxyl groups excluding tert-OH is 1. The van der Waals surface area contributed by atoms with Crippen molar-refractivity contribution in [2.75, 3.05) is 0 Å². The Hall–Kier alpha value is -0.106. The molecule has 0 fully saturated rings. The van der Waals surface area contributed by atoms with Crippen molar-refractivity contribution in [3.05, 3.63) is 12.3 Å². The van der Waals surface area contributed by atoms with E-state index in [-0.39, 0.29) is 11.1 Å². The van der Waals surface area contributed by atoms with Gasteiger partial charge < -0.3 is 14.0 Å². The lowest BCUT2D eigenvalue weighted by Gasteiger charge is -2.39. The normalized spacial score (nSPS) is 16.5. The van der Waals surface area contributed by atoms with Crippen LogP contribution in [0.4, 0.5) is 0 Å². The molecule has 0 saturated carbocycles. The van der Waals surface area contributed by atoms with Gasteiger partial charge in [-0.3, -0.25) is 0 Å². The fourth-order valence-corrected chi connectivity index (χ4v) is 4.34. The summed E-state index contributed by atoms with van der Waals surface area (Å²) in [5.41, 5.74) is 0. The second-order valence-corrected chi connectivity index (χ2v) is 17.7. The van der Waals surface area contributed by atoms with E-state index in [1.807, 2.05) is 6.92 Å². The highest BCUT2D eigenvalue weighted by Gasteiger charge is 2.38. The summed E-state index contributed by atoms with van der Waals surface area (Å²) in [4.78, 5) is 0. The fourth-order valence-electron chi connectivity index (χ4n) is 1.93. The third kappa shape index (κ3) is 8.81. The second kappa shape index (κ2) is 7.44. The van der Waals surface area contributed by atoms with Crippen LogP contribution in [0.5, 0.6) is 0 Å². The summed E-state index contributed by atoms with van der Waals surface area (Å²) in [6.07, 6.45) is 0.727. The van der Waals surface area contributed by atoms with Gasteiger partial charge in [0.1, 0.15) is 0 Å². The maximum atomic E-state index is 10.2. The first-order valence-electron chi connectivity index (χ1n) is 7.87. The maximum Gasteiger partial charge on any atom is 0.241 e. The molecule has 1 N–H and O–H groups in total. The maximum absolute atomic E-state index is 10.2. The Morgan fingerprint density at radius 1 is 1.14 bits per heavy atom. The van der Waals surface area contributed by atoms with Crippen molar-refractivity contribution in [3.63, 3.8) is 0 Å². The molecule has 0 aliphatic heterocycles. The Bertz CT molecular complexity index is 340. The molecule has 0 aliphatic rings. The lowest BCUT2D eigenvalue weighted by atomic mass is 10.1. The zero-order valence-electron chi connectivity index (χ0n) is 15.5. The van der Waals surface area contributed by atoms with Crippen LogP contribution in [-0.4, -0.2) is 33.9 Å². The van der Waals surface area contributed by atoms with Gasteiger partial charge in [0.15, 0.2) is 8.32 Å². The molecule has 2 atom stereocenters. The highest BCUT2D eigenvalue weighted by Crippen LogP contribution is 2.37. The van der Waals surface area contributed by atoms with Crippen LogP contribution < -0.4 is 0 Å². The van der Waals surface area contributed by atoms with Crippen LogP contribution >= 0.6 is 0 Å². The van der Waals surface area contributed by atoms with E-state index in [9.17, 15) is 5.11 Å². The van der Waals surface area contributed by atoms with E-state index in [2.05, 4.69) is 60.1 Å². The standard InChI is InChI=1S/C16H36O3Si2/c1-13(18-20(6,7)8)11-15(17)12-14(2)19-21(9,10)16(3,4)5/h14-15,17H,1,11-12H2,2-10H3/t14-,15+/m0/s1. The molecule has 0 heterocycles. The van der Waals surface area contributed by atoms with Gasteiger partial charge in [0, 0.05) is 12.5 Å². The Kier molecular flexibility index (Phi) is 7.40. The zero-order chi connectivity index (χ0) is 17.1. The van der Waals surface area contributed by atoms with Crippen molar-refractivity contribution >= 4 is 16.6 Å². The summed E-state index contributed by atoms with van der Waals surface area (Å²) in [6.45, 7) is 23.5. The Morgan fingerprint density at radius 2 is 1.62 bits per heavy atom. The van der Waals surface area contributed by atoms with E-state index >= 15 is 0 Å². The van der Waals surface area contributed by atoms with Crippen LogP contribution in [0.15, 0.2) is 12.3 Å². The van der Waals surface area contributed by atoms with E-state index in [1.165, 1.54) is 0 Å². The summed E-state index contributed by atoms with van der Waals surface area (Å²) in [6, 6.07) is 0. The molecule has 0 aliphatic carbocycles. The molecule has 0 aromatic heterocycles. The van der Waals surface area contributed by atoms with Crippen molar-refractivity contribution < 1.29 is 14.0 Å². The summed E-state index contributed by atoms with van der Waals surface area (Å²) in [5, 5.41) is 10.4. The summed E-state index contributed by atoms with van der Waals surface area (Å²) in [5.74, 6) is 0.696. The molecule has 21 heavy (non-hydrogen) atoms. The third-order valence-corrected chi connectivity index (χ3v) is 9.32. The molecule has 0 unspecified atom stereocenters. The SMILES string of the molecule is C=C(C[C@@H](O)C[C@H](C)O[Si](C)(C)C(C)(C)C)O[Si](C)(C)C. The van der Waals surface area contributed by atoms with Gasteiger partial charge in [-0.25, -0.2) is 0 Å². The van der Waals surface area contributed by atoms with Crippen molar-refractivity contribution in [2.45, 2.75) is 90.5 Å².